The van der Waals surface area contributed by atoms with Crippen LogP contribution < -0.4 is 5.32 Å². The monoisotopic (exact) mass is 242 g/mol. The minimum atomic E-state index is -0.127. The molecule has 0 saturated heterocycles. The average molecular weight is 242 g/mol. The minimum Gasteiger partial charge on any atom is -0.379 e. The van der Waals surface area contributed by atoms with Gasteiger partial charge in [0.05, 0.1) is 11.6 Å². The predicted molar refractivity (Wildman–Crippen MR) is 68.8 cm³/mol. The summed E-state index contributed by atoms with van der Waals surface area (Å²) in [6.45, 7) is 8.52. The molecule has 0 aliphatic carbocycles. The van der Waals surface area contributed by atoms with E-state index in [4.69, 9.17) is 4.74 Å². The number of ether oxygens (including phenoxy) is 1. The van der Waals surface area contributed by atoms with Crippen molar-refractivity contribution in [2.24, 2.45) is 0 Å². The third-order valence-corrected chi connectivity index (χ3v) is 3.42. The fourth-order valence-corrected chi connectivity index (χ4v) is 2.30. The van der Waals surface area contributed by atoms with E-state index < -0.39 is 0 Å². The molecule has 92 valence electrons. The first-order valence-corrected chi connectivity index (χ1v) is 6.53. The standard InChI is InChI=1S/C12H22N2OS/c1-9(2)14-10(8-12(3,4)15-5)11-13-6-7-16-11/h6-7,9-10,14H,8H2,1-5H3. The number of hydrogen-bond acceptors (Lipinski definition) is 4. The molecule has 0 saturated carbocycles. The lowest BCUT2D eigenvalue weighted by Crippen LogP contribution is -2.35. The molecule has 0 aromatic carbocycles. The lowest BCUT2D eigenvalue weighted by atomic mass is 9.98. The Morgan fingerprint density at radius 2 is 2.19 bits per heavy atom. The minimum absolute atomic E-state index is 0.127. The lowest BCUT2D eigenvalue weighted by molar-refractivity contribution is 0.00615. The zero-order valence-electron chi connectivity index (χ0n) is 10.8. The summed E-state index contributed by atoms with van der Waals surface area (Å²) in [7, 11) is 1.76. The topological polar surface area (TPSA) is 34.1 Å². The zero-order valence-corrected chi connectivity index (χ0v) is 11.6. The molecule has 3 nitrogen and oxygen atoms in total. The first-order valence-electron chi connectivity index (χ1n) is 5.65. The highest BCUT2D eigenvalue weighted by Gasteiger charge is 2.25. The maximum absolute atomic E-state index is 5.48. The molecule has 1 N–H and O–H groups in total. The fraction of sp³-hybridized carbons (Fsp3) is 0.750. The van der Waals surface area contributed by atoms with Crippen molar-refractivity contribution in [1.29, 1.82) is 0 Å². The van der Waals surface area contributed by atoms with Crippen molar-refractivity contribution in [2.45, 2.75) is 51.8 Å². The van der Waals surface area contributed by atoms with Gasteiger partial charge in [0.2, 0.25) is 0 Å². The Morgan fingerprint density at radius 3 is 2.62 bits per heavy atom. The van der Waals surface area contributed by atoms with Crippen LogP contribution in [0.4, 0.5) is 0 Å². The van der Waals surface area contributed by atoms with Crippen molar-refractivity contribution >= 4 is 11.3 Å². The van der Waals surface area contributed by atoms with Crippen molar-refractivity contribution < 1.29 is 4.74 Å². The highest BCUT2D eigenvalue weighted by Crippen LogP contribution is 2.27. The molecule has 0 bridgehead atoms. The Morgan fingerprint density at radius 1 is 1.50 bits per heavy atom. The summed E-state index contributed by atoms with van der Waals surface area (Å²) in [5.41, 5.74) is -0.127. The van der Waals surface area contributed by atoms with E-state index in [1.165, 1.54) is 0 Å². The maximum atomic E-state index is 5.48. The molecule has 1 rings (SSSR count). The van der Waals surface area contributed by atoms with Gasteiger partial charge in [-0.25, -0.2) is 4.98 Å². The molecule has 0 amide bonds. The Kier molecular flexibility index (Phi) is 4.89. The maximum Gasteiger partial charge on any atom is 0.110 e. The van der Waals surface area contributed by atoms with Gasteiger partial charge < -0.3 is 10.1 Å². The fourth-order valence-electron chi connectivity index (χ4n) is 1.60. The summed E-state index contributed by atoms with van der Waals surface area (Å²) in [5.74, 6) is 0. The summed E-state index contributed by atoms with van der Waals surface area (Å²) >= 11 is 1.70. The van der Waals surface area contributed by atoms with Crippen LogP contribution in [0.5, 0.6) is 0 Å². The van der Waals surface area contributed by atoms with Crippen molar-refractivity contribution in [3.05, 3.63) is 16.6 Å². The van der Waals surface area contributed by atoms with Crippen LogP contribution in [-0.2, 0) is 4.74 Å². The van der Waals surface area contributed by atoms with Gasteiger partial charge in [-0.15, -0.1) is 11.3 Å². The van der Waals surface area contributed by atoms with E-state index in [0.29, 0.717) is 6.04 Å². The van der Waals surface area contributed by atoms with Crippen LogP contribution in [0.15, 0.2) is 11.6 Å². The summed E-state index contributed by atoms with van der Waals surface area (Å²) in [4.78, 5) is 4.39. The Hall–Kier alpha value is -0.450. The molecule has 0 spiro atoms. The van der Waals surface area contributed by atoms with Gasteiger partial charge in [0.25, 0.3) is 0 Å². The highest BCUT2D eigenvalue weighted by molar-refractivity contribution is 7.09. The van der Waals surface area contributed by atoms with Gasteiger partial charge in [0.1, 0.15) is 5.01 Å². The number of nitrogens with one attached hydrogen (secondary N) is 1. The van der Waals surface area contributed by atoms with Crippen LogP contribution in [0.1, 0.15) is 45.2 Å². The zero-order chi connectivity index (χ0) is 12.2. The van der Waals surface area contributed by atoms with Gasteiger partial charge in [0, 0.05) is 24.7 Å². The third kappa shape index (κ3) is 4.20. The molecule has 0 aliphatic rings. The Bertz CT molecular complexity index is 296. The highest BCUT2D eigenvalue weighted by atomic mass is 32.1. The molecule has 1 heterocycles. The number of aromatic nitrogens is 1. The molecule has 1 aromatic rings. The summed E-state index contributed by atoms with van der Waals surface area (Å²) < 4.78 is 5.48. The molecule has 1 unspecified atom stereocenters. The number of thiazole rings is 1. The first kappa shape index (κ1) is 13.6. The summed E-state index contributed by atoms with van der Waals surface area (Å²) in [6.07, 6.45) is 2.78. The van der Waals surface area contributed by atoms with Gasteiger partial charge >= 0.3 is 0 Å². The Balaban J connectivity index is 2.73. The van der Waals surface area contributed by atoms with Crippen LogP contribution in [0.2, 0.25) is 0 Å². The molecular weight excluding hydrogens is 220 g/mol. The summed E-state index contributed by atoms with van der Waals surface area (Å²) in [5, 5.41) is 6.70. The van der Waals surface area contributed by atoms with Crippen molar-refractivity contribution in [1.82, 2.24) is 10.3 Å². The smallest absolute Gasteiger partial charge is 0.110 e. The van der Waals surface area contributed by atoms with Gasteiger partial charge in [-0.3, -0.25) is 0 Å². The lowest BCUT2D eigenvalue weighted by Gasteiger charge is -2.29. The molecule has 1 aromatic heterocycles. The number of hydrogen-bond donors (Lipinski definition) is 1. The van der Waals surface area contributed by atoms with Gasteiger partial charge in [0.15, 0.2) is 0 Å². The SMILES string of the molecule is COC(C)(C)CC(NC(C)C)c1nccs1. The molecule has 1 atom stereocenters. The molecule has 4 heteroatoms. The molecule has 0 fully saturated rings. The number of nitrogens with zero attached hydrogens (tertiary/aromatic N) is 1. The molecule has 0 aliphatic heterocycles. The average Bonchev–Trinajstić information content (AvgIpc) is 2.68. The van der Waals surface area contributed by atoms with Crippen molar-refractivity contribution in [3.8, 4) is 0 Å². The van der Waals surface area contributed by atoms with E-state index in [2.05, 4.69) is 38.0 Å². The van der Waals surface area contributed by atoms with E-state index >= 15 is 0 Å². The van der Waals surface area contributed by atoms with E-state index in [1.807, 2.05) is 11.6 Å². The largest absolute Gasteiger partial charge is 0.379 e. The van der Waals surface area contributed by atoms with E-state index in [9.17, 15) is 0 Å². The predicted octanol–water partition coefficient (Wildman–Crippen LogP) is 3.00. The first-order chi connectivity index (χ1) is 7.44. The van der Waals surface area contributed by atoms with Gasteiger partial charge in [-0.05, 0) is 20.3 Å². The van der Waals surface area contributed by atoms with Crippen molar-refractivity contribution in [3.63, 3.8) is 0 Å². The van der Waals surface area contributed by atoms with Crippen LogP contribution >= 0.6 is 11.3 Å². The van der Waals surface area contributed by atoms with Gasteiger partial charge in [-0.1, -0.05) is 13.8 Å². The van der Waals surface area contributed by atoms with E-state index in [-0.39, 0.29) is 11.6 Å². The second kappa shape index (κ2) is 5.75. The van der Waals surface area contributed by atoms with E-state index in [1.54, 1.807) is 18.4 Å². The van der Waals surface area contributed by atoms with Crippen molar-refractivity contribution in [2.75, 3.05) is 7.11 Å². The molecule has 0 radical (unpaired) electrons. The second-order valence-electron chi connectivity index (χ2n) is 4.91. The third-order valence-electron chi connectivity index (χ3n) is 2.53. The van der Waals surface area contributed by atoms with Crippen LogP contribution in [0, 0.1) is 0 Å². The number of rotatable bonds is 6. The van der Waals surface area contributed by atoms with E-state index in [0.717, 1.165) is 11.4 Å². The molecule has 16 heavy (non-hydrogen) atoms. The molecular formula is C12H22N2OS. The quantitative estimate of drug-likeness (QED) is 0.832. The van der Waals surface area contributed by atoms with Crippen LogP contribution in [0.3, 0.4) is 0 Å². The van der Waals surface area contributed by atoms with Crippen LogP contribution in [-0.4, -0.2) is 23.7 Å². The van der Waals surface area contributed by atoms with Crippen LogP contribution in [0.25, 0.3) is 0 Å². The number of methoxy groups -OCH3 is 1. The normalized spacial score (nSPS) is 14.4. The van der Waals surface area contributed by atoms with Gasteiger partial charge in [-0.2, -0.15) is 0 Å². The second-order valence-corrected chi connectivity index (χ2v) is 5.84. The Labute approximate surface area is 102 Å². The summed E-state index contributed by atoms with van der Waals surface area (Å²) in [6, 6.07) is 0.719.